The van der Waals surface area contributed by atoms with E-state index in [9.17, 15) is 10.1 Å². The summed E-state index contributed by atoms with van der Waals surface area (Å²) in [6.07, 6.45) is 3.09. The van der Waals surface area contributed by atoms with Gasteiger partial charge < -0.3 is 10.1 Å². The predicted octanol–water partition coefficient (Wildman–Crippen LogP) is 3.48. The zero-order valence-electron chi connectivity index (χ0n) is 9.96. The Kier molecular flexibility index (Phi) is 3.82. The summed E-state index contributed by atoms with van der Waals surface area (Å²) in [5, 5.41) is 14.1. The first-order chi connectivity index (χ1) is 9.10. The molecule has 0 aliphatic heterocycles. The van der Waals surface area contributed by atoms with Crippen molar-refractivity contribution in [3.05, 3.63) is 51.8 Å². The van der Waals surface area contributed by atoms with E-state index in [-0.39, 0.29) is 16.5 Å². The van der Waals surface area contributed by atoms with Crippen LogP contribution < -0.4 is 10.1 Å². The summed E-state index contributed by atoms with van der Waals surface area (Å²) in [6.45, 7) is 0. The number of halogens is 1. The minimum atomic E-state index is -0.545. The van der Waals surface area contributed by atoms with E-state index in [4.69, 9.17) is 16.3 Å². The van der Waals surface area contributed by atoms with Crippen LogP contribution in [-0.2, 0) is 0 Å². The first-order valence-electron chi connectivity index (χ1n) is 5.35. The number of nitro groups is 1. The molecule has 2 rings (SSSR count). The lowest BCUT2D eigenvalue weighted by molar-refractivity contribution is -0.385. The van der Waals surface area contributed by atoms with Crippen LogP contribution in [0.3, 0.4) is 0 Å². The lowest BCUT2D eigenvalue weighted by Crippen LogP contribution is -1.95. The highest BCUT2D eigenvalue weighted by atomic mass is 35.5. The molecule has 1 aromatic heterocycles. The Morgan fingerprint density at radius 2 is 2.16 bits per heavy atom. The molecule has 2 aromatic rings. The van der Waals surface area contributed by atoms with Crippen LogP contribution in [0.1, 0.15) is 0 Å². The van der Waals surface area contributed by atoms with Gasteiger partial charge in [-0.05, 0) is 12.1 Å². The molecule has 19 heavy (non-hydrogen) atoms. The van der Waals surface area contributed by atoms with Crippen molar-refractivity contribution in [2.24, 2.45) is 0 Å². The van der Waals surface area contributed by atoms with Gasteiger partial charge >= 0.3 is 5.69 Å². The van der Waals surface area contributed by atoms with Crippen LogP contribution in [0.2, 0.25) is 5.02 Å². The number of hydrogen-bond donors (Lipinski definition) is 1. The van der Waals surface area contributed by atoms with Crippen molar-refractivity contribution in [3.8, 4) is 11.5 Å². The summed E-state index contributed by atoms with van der Waals surface area (Å²) >= 11 is 5.73. The number of nitrogens with zero attached hydrogens (tertiary/aromatic N) is 2. The predicted molar refractivity (Wildman–Crippen MR) is 72.0 cm³/mol. The maximum absolute atomic E-state index is 10.9. The van der Waals surface area contributed by atoms with Crippen LogP contribution in [0.25, 0.3) is 0 Å². The van der Waals surface area contributed by atoms with Crippen LogP contribution in [0, 0.1) is 10.1 Å². The molecule has 0 amide bonds. The molecule has 0 aliphatic rings. The molecule has 1 aromatic carbocycles. The molecule has 0 saturated carbocycles. The van der Waals surface area contributed by atoms with Gasteiger partial charge in [-0.15, -0.1) is 0 Å². The van der Waals surface area contributed by atoms with Crippen molar-refractivity contribution < 1.29 is 9.66 Å². The number of nitro benzene ring substituents is 1. The maximum atomic E-state index is 10.9. The second-order valence-corrected chi connectivity index (χ2v) is 4.07. The summed E-state index contributed by atoms with van der Waals surface area (Å²) < 4.78 is 5.47. The Labute approximate surface area is 114 Å². The normalized spacial score (nSPS) is 10.0. The molecular formula is C12H10ClN3O3. The van der Waals surface area contributed by atoms with Gasteiger partial charge in [0.2, 0.25) is 5.75 Å². The number of aromatic nitrogens is 1. The van der Waals surface area contributed by atoms with E-state index < -0.39 is 4.92 Å². The Morgan fingerprint density at radius 1 is 1.37 bits per heavy atom. The SMILES string of the molecule is CNc1cncc(Oc2ccc(Cl)cc2[N+](=O)[O-])c1. The molecule has 0 saturated heterocycles. The Morgan fingerprint density at radius 3 is 2.84 bits per heavy atom. The Balaban J connectivity index is 2.34. The molecule has 1 heterocycles. The van der Waals surface area contributed by atoms with Crippen LogP contribution in [0.4, 0.5) is 11.4 Å². The summed E-state index contributed by atoms with van der Waals surface area (Å²) in [5.74, 6) is 0.515. The Hall–Kier alpha value is -2.34. The third-order valence-corrected chi connectivity index (χ3v) is 2.58. The van der Waals surface area contributed by atoms with Gasteiger partial charge in [0.05, 0.1) is 23.0 Å². The molecule has 0 aliphatic carbocycles. The molecule has 0 spiro atoms. The fraction of sp³-hybridized carbons (Fsp3) is 0.0833. The van der Waals surface area contributed by atoms with Crippen LogP contribution >= 0.6 is 11.6 Å². The topological polar surface area (TPSA) is 77.3 Å². The van der Waals surface area contributed by atoms with E-state index in [0.717, 1.165) is 5.69 Å². The molecule has 0 bridgehead atoms. The highest BCUT2D eigenvalue weighted by molar-refractivity contribution is 6.30. The smallest absolute Gasteiger partial charge is 0.313 e. The van der Waals surface area contributed by atoms with Crippen molar-refractivity contribution in [2.75, 3.05) is 12.4 Å². The molecule has 6 nitrogen and oxygen atoms in total. The van der Waals surface area contributed by atoms with Gasteiger partial charge in [0.1, 0.15) is 5.75 Å². The number of benzene rings is 1. The Bertz CT molecular complexity index is 619. The molecule has 7 heteroatoms. The molecule has 0 unspecified atom stereocenters. The van der Waals surface area contributed by atoms with Crippen LogP contribution in [0.5, 0.6) is 11.5 Å². The summed E-state index contributed by atoms with van der Waals surface area (Å²) in [5.41, 5.74) is 0.552. The molecular weight excluding hydrogens is 270 g/mol. The molecule has 0 fully saturated rings. The number of pyridine rings is 1. The average molecular weight is 280 g/mol. The van der Waals surface area contributed by atoms with Gasteiger partial charge in [0.25, 0.3) is 0 Å². The number of nitrogens with one attached hydrogen (secondary N) is 1. The third-order valence-electron chi connectivity index (χ3n) is 2.35. The maximum Gasteiger partial charge on any atom is 0.313 e. The summed E-state index contributed by atoms with van der Waals surface area (Å²) in [4.78, 5) is 14.3. The van der Waals surface area contributed by atoms with Crippen molar-refractivity contribution in [3.63, 3.8) is 0 Å². The lowest BCUT2D eigenvalue weighted by Gasteiger charge is -2.07. The quantitative estimate of drug-likeness (QED) is 0.685. The third kappa shape index (κ3) is 3.11. The number of anilines is 1. The summed E-state index contributed by atoms with van der Waals surface area (Å²) in [6, 6.07) is 5.91. The molecule has 98 valence electrons. The van der Waals surface area contributed by atoms with Gasteiger partial charge in [-0.3, -0.25) is 15.1 Å². The van der Waals surface area contributed by atoms with Crippen LogP contribution in [-0.4, -0.2) is 17.0 Å². The van der Waals surface area contributed by atoms with Gasteiger partial charge in [-0.2, -0.15) is 0 Å². The number of rotatable bonds is 4. The van der Waals surface area contributed by atoms with E-state index in [0.29, 0.717) is 5.75 Å². The van der Waals surface area contributed by atoms with Crippen molar-refractivity contribution in [1.29, 1.82) is 0 Å². The zero-order chi connectivity index (χ0) is 13.8. The van der Waals surface area contributed by atoms with Crippen LogP contribution in [0.15, 0.2) is 36.7 Å². The van der Waals surface area contributed by atoms with E-state index in [1.165, 1.54) is 24.4 Å². The lowest BCUT2D eigenvalue weighted by atomic mass is 10.3. The number of ether oxygens (including phenoxy) is 1. The van der Waals surface area contributed by atoms with Gasteiger partial charge in [-0.1, -0.05) is 11.6 Å². The van der Waals surface area contributed by atoms with Crippen molar-refractivity contribution >= 4 is 23.0 Å². The highest BCUT2D eigenvalue weighted by Crippen LogP contribution is 2.33. The zero-order valence-corrected chi connectivity index (χ0v) is 10.7. The second-order valence-electron chi connectivity index (χ2n) is 3.63. The largest absolute Gasteiger partial charge is 0.448 e. The van der Waals surface area contributed by atoms with Gasteiger partial charge in [0.15, 0.2) is 0 Å². The van der Waals surface area contributed by atoms with E-state index in [1.54, 1.807) is 19.3 Å². The van der Waals surface area contributed by atoms with E-state index in [1.807, 2.05) is 0 Å². The standard InChI is InChI=1S/C12H10ClN3O3/c1-14-9-5-10(7-15-6-9)19-12-3-2-8(13)4-11(12)16(17)18/h2-7,14H,1H3. The first-order valence-corrected chi connectivity index (χ1v) is 5.72. The van der Waals surface area contributed by atoms with Gasteiger partial charge in [0, 0.05) is 24.2 Å². The monoisotopic (exact) mass is 279 g/mol. The fourth-order valence-electron chi connectivity index (χ4n) is 1.46. The molecule has 1 N–H and O–H groups in total. The first kappa shape index (κ1) is 13.1. The second kappa shape index (κ2) is 5.53. The average Bonchev–Trinajstić information content (AvgIpc) is 2.41. The summed E-state index contributed by atoms with van der Waals surface area (Å²) in [7, 11) is 1.74. The van der Waals surface area contributed by atoms with E-state index in [2.05, 4.69) is 10.3 Å². The van der Waals surface area contributed by atoms with Crippen molar-refractivity contribution in [2.45, 2.75) is 0 Å². The number of hydrogen-bond acceptors (Lipinski definition) is 5. The fourth-order valence-corrected chi connectivity index (χ4v) is 1.62. The van der Waals surface area contributed by atoms with E-state index >= 15 is 0 Å². The van der Waals surface area contributed by atoms with Crippen molar-refractivity contribution in [1.82, 2.24) is 4.98 Å². The molecule has 0 radical (unpaired) electrons. The van der Waals surface area contributed by atoms with Gasteiger partial charge in [-0.25, -0.2) is 0 Å². The minimum absolute atomic E-state index is 0.115. The highest BCUT2D eigenvalue weighted by Gasteiger charge is 2.16. The minimum Gasteiger partial charge on any atom is -0.448 e. The molecule has 0 atom stereocenters.